The van der Waals surface area contributed by atoms with Crippen LogP contribution in [0.25, 0.3) is 0 Å². The third-order valence-electron chi connectivity index (χ3n) is 6.07. The van der Waals surface area contributed by atoms with Gasteiger partial charge in [0, 0.05) is 27.1 Å². The van der Waals surface area contributed by atoms with E-state index in [1.54, 1.807) is 18.2 Å². The topological polar surface area (TPSA) is 116 Å². The van der Waals surface area contributed by atoms with Gasteiger partial charge in [-0.3, -0.25) is 14.4 Å². The minimum absolute atomic E-state index is 0.0377. The van der Waals surface area contributed by atoms with Crippen molar-refractivity contribution in [2.24, 2.45) is 0 Å². The molecule has 0 aliphatic heterocycles. The Hall–Kier alpha value is -4.11. The lowest BCUT2D eigenvalue weighted by Gasteiger charge is -2.19. The van der Waals surface area contributed by atoms with Crippen LogP contribution in [0.2, 0.25) is 0 Å². The number of hydrogen-bond acceptors (Lipinski definition) is 8. The maximum Gasteiger partial charge on any atom is 0.341 e. The van der Waals surface area contributed by atoms with Crippen molar-refractivity contribution in [2.75, 3.05) is 19.0 Å². The summed E-state index contributed by atoms with van der Waals surface area (Å²) in [6.45, 7) is -0.635. The third kappa shape index (κ3) is 3.83. The number of anilines is 1. The molecule has 1 aromatic heterocycles. The first-order valence-corrected chi connectivity index (χ1v) is 11.7. The molecule has 0 saturated heterocycles. The highest BCUT2D eigenvalue weighted by atomic mass is 32.1. The van der Waals surface area contributed by atoms with Crippen LogP contribution in [0.15, 0.2) is 42.5 Å². The minimum atomic E-state index is -0.903. The predicted molar refractivity (Wildman–Crippen MR) is 126 cm³/mol. The lowest BCUT2D eigenvalue weighted by molar-refractivity contribution is -0.119. The number of hydrogen-bond donors (Lipinski definition) is 1. The van der Waals surface area contributed by atoms with E-state index in [4.69, 9.17) is 9.47 Å². The molecule has 8 nitrogen and oxygen atoms in total. The first-order chi connectivity index (χ1) is 16.9. The Labute approximate surface area is 203 Å². The lowest BCUT2D eigenvalue weighted by Crippen LogP contribution is -2.26. The van der Waals surface area contributed by atoms with Gasteiger partial charge in [0.05, 0.1) is 18.2 Å². The molecule has 2 aromatic carbocycles. The molecule has 3 aromatic rings. The van der Waals surface area contributed by atoms with Crippen LogP contribution in [0.3, 0.4) is 0 Å². The Morgan fingerprint density at radius 1 is 0.914 bits per heavy atom. The highest BCUT2D eigenvalue weighted by molar-refractivity contribution is 7.17. The summed E-state index contributed by atoms with van der Waals surface area (Å²) in [5, 5.41) is 2.99. The Morgan fingerprint density at radius 2 is 1.63 bits per heavy atom. The summed E-state index contributed by atoms with van der Waals surface area (Å²) in [5.41, 5.74) is 1.70. The van der Waals surface area contributed by atoms with Crippen molar-refractivity contribution < 1.29 is 33.4 Å². The van der Waals surface area contributed by atoms with Gasteiger partial charge in [0.2, 0.25) is 0 Å². The van der Waals surface area contributed by atoms with Crippen LogP contribution < -0.4 is 5.32 Å². The molecular weight excluding hydrogens is 470 g/mol. The smallest absolute Gasteiger partial charge is 0.341 e. The largest absolute Gasteiger partial charge is 0.465 e. The molecule has 0 fully saturated rings. The number of thiophene rings is 1. The summed E-state index contributed by atoms with van der Waals surface area (Å²) in [6, 6.07) is 10.8. The number of methoxy groups -OCH3 is 1. The molecule has 5 rings (SSSR count). The average Bonchev–Trinajstić information content (AvgIpc) is 3.46. The van der Waals surface area contributed by atoms with Crippen LogP contribution in [0.1, 0.15) is 69.4 Å². The first kappa shape index (κ1) is 22.7. The monoisotopic (exact) mass is 489 g/mol. The fourth-order valence-corrected chi connectivity index (χ4v) is 5.79. The number of carbonyl (C=O) groups is 5. The van der Waals surface area contributed by atoms with E-state index in [1.807, 2.05) is 0 Å². The zero-order valence-electron chi connectivity index (χ0n) is 18.6. The molecule has 2 aliphatic carbocycles. The summed E-state index contributed by atoms with van der Waals surface area (Å²) in [7, 11) is 1.28. The Balaban J connectivity index is 1.34. The molecule has 176 valence electrons. The van der Waals surface area contributed by atoms with Crippen molar-refractivity contribution in [3.63, 3.8) is 0 Å². The van der Waals surface area contributed by atoms with E-state index in [2.05, 4.69) is 5.32 Å². The number of carbonyl (C=O) groups excluding carboxylic acids is 5. The summed E-state index contributed by atoms with van der Waals surface area (Å²) < 4.78 is 10.0. The number of esters is 2. The highest BCUT2D eigenvalue weighted by Crippen LogP contribution is 2.39. The zero-order valence-corrected chi connectivity index (χ0v) is 19.5. The molecule has 1 N–H and O–H groups in total. The summed E-state index contributed by atoms with van der Waals surface area (Å²) in [6.07, 6.45) is 2.49. The van der Waals surface area contributed by atoms with E-state index in [9.17, 15) is 24.0 Å². The molecule has 0 unspecified atom stereocenters. The van der Waals surface area contributed by atoms with Gasteiger partial charge in [0.25, 0.3) is 5.91 Å². The fraction of sp³-hybridized carbons (Fsp3) is 0.192. The average molecular weight is 490 g/mol. The molecule has 0 saturated carbocycles. The molecule has 35 heavy (non-hydrogen) atoms. The predicted octanol–water partition coefficient (Wildman–Crippen LogP) is 3.59. The second-order valence-corrected chi connectivity index (χ2v) is 9.21. The summed E-state index contributed by atoms with van der Waals surface area (Å²) >= 11 is 1.31. The van der Waals surface area contributed by atoms with Gasteiger partial charge in [-0.2, -0.15) is 0 Å². The van der Waals surface area contributed by atoms with Crippen molar-refractivity contribution in [1.29, 1.82) is 0 Å². The van der Waals surface area contributed by atoms with Crippen LogP contribution in [0.4, 0.5) is 5.00 Å². The van der Waals surface area contributed by atoms with Crippen molar-refractivity contribution in [1.82, 2.24) is 0 Å². The molecule has 9 heteroatoms. The zero-order chi connectivity index (χ0) is 24.7. The number of fused-ring (bicyclic) bond motifs is 3. The second kappa shape index (κ2) is 8.92. The number of ketones is 2. The van der Waals surface area contributed by atoms with E-state index in [1.165, 1.54) is 42.7 Å². The van der Waals surface area contributed by atoms with Crippen molar-refractivity contribution >= 4 is 45.8 Å². The van der Waals surface area contributed by atoms with E-state index in [0.29, 0.717) is 10.6 Å². The minimum Gasteiger partial charge on any atom is -0.465 e. The Kier molecular flexibility index (Phi) is 5.78. The number of aryl methyl sites for hydroxylation is 1. The number of nitrogens with one attached hydrogen (secondary N) is 1. The highest BCUT2D eigenvalue weighted by Gasteiger charge is 2.33. The summed E-state index contributed by atoms with van der Waals surface area (Å²) in [4.78, 5) is 64.6. The van der Waals surface area contributed by atoms with E-state index >= 15 is 0 Å². The molecule has 0 atom stereocenters. The number of rotatable bonds is 5. The van der Waals surface area contributed by atoms with Gasteiger partial charge in [-0.15, -0.1) is 11.3 Å². The number of benzene rings is 2. The molecule has 2 aliphatic rings. The molecule has 1 amide bonds. The number of ether oxygens (including phenoxy) is 2. The van der Waals surface area contributed by atoms with Gasteiger partial charge < -0.3 is 14.8 Å². The van der Waals surface area contributed by atoms with Crippen LogP contribution in [-0.2, 0) is 27.1 Å². The van der Waals surface area contributed by atoms with Gasteiger partial charge in [-0.05, 0) is 30.9 Å². The van der Waals surface area contributed by atoms with Crippen molar-refractivity contribution in [2.45, 2.75) is 19.3 Å². The van der Waals surface area contributed by atoms with Crippen LogP contribution in [-0.4, -0.2) is 43.1 Å². The molecule has 0 radical (unpaired) electrons. The first-order valence-electron chi connectivity index (χ1n) is 10.9. The molecular formula is C26H19NO7S. The fourth-order valence-electron chi connectivity index (χ4n) is 4.50. The second-order valence-electron chi connectivity index (χ2n) is 8.11. The van der Waals surface area contributed by atoms with E-state index in [-0.39, 0.29) is 33.6 Å². The normalized spacial score (nSPS) is 13.5. The van der Waals surface area contributed by atoms with Crippen LogP contribution in [0, 0.1) is 0 Å². The maximum atomic E-state index is 13.1. The van der Waals surface area contributed by atoms with Gasteiger partial charge in [0.1, 0.15) is 5.00 Å². The van der Waals surface area contributed by atoms with Gasteiger partial charge in [0.15, 0.2) is 18.2 Å². The standard InChI is InChI=1S/C26H19NO7S/c1-33-26(32)21-15-8-5-11-18(15)35-24(21)27-19(28)12-34-25(31)17-10-4-9-16-20(17)23(30)14-7-3-2-6-13(14)22(16)29/h2-4,6-7,9-10H,5,8,11-12H2,1H3,(H,27,28). The summed E-state index contributed by atoms with van der Waals surface area (Å²) in [5.74, 6) is -2.89. The Bertz CT molecular complexity index is 1440. The van der Waals surface area contributed by atoms with Gasteiger partial charge in [-0.1, -0.05) is 36.4 Å². The van der Waals surface area contributed by atoms with Crippen LogP contribution >= 0.6 is 11.3 Å². The maximum absolute atomic E-state index is 13.1. The third-order valence-corrected chi connectivity index (χ3v) is 7.28. The lowest BCUT2D eigenvalue weighted by atomic mass is 9.82. The molecule has 0 bridgehead atoms. The van der Waals surface area contributed by atoms with Gasteiger partial charge >= 0.3 is 11.9 Å². The van der Waals surface area contributed by atoms with Gasteiger partial charge in [-0.25, -0.2) is 9.59 Å². The van der Waals surface area contributed by atoms with Crippen molar-refractivity contribution in [3.8, 4) is 0 Å². The Morgan fingerprint density at radius 3 is 2.37 bits per heavy atom. The number of amides is 1. The SMILES string of the molecule is COC(=O)c1c(NC(=O)COC(=O)c2cccc3c2C(=O)c2ccccc2C3=O)sc2c1CCC2. The molecule has 0 spiro atoms. The molecule has 1 heterocycles. The van der Waals surface area contributed by atoms with Crippen molar-refractivity contribution in [3.05, 3.63) is 86.3 Å². The van der Waals surface area contributed by atoms with E-state index in [0.717, 1.165) is 29.7 Å². The van der Waals surface area contributed by atoms with Crippen LogP contribution in [0.5, 0.6) is 0 Å². The van der Waals surface area contributed by atoms with E-state index < -0.39 is 30.2 Å². The quantitative estimate of drug-likeness (QED) is 0.426.